The number of methoxy groups -OCH3 is 1. The summed E-state index contributed by atoms with van der Waals surface area (Å²) in [6, 6.07) is 6.84. The Morgan fingerprint density at radius 2 is 1.67 bits per heavy atom. The minimum absolute atomic E-state index is 0.0759. The van der Waals surface area contributed by atoms with Gasteiger partial charge >= 0.3 is 6.09 Å². The van der Waals surface area contributed by atoms with Crippen LogP contribution in [-0.4, -0.2) is 24.6 Å². The Morgan fingerprint density at radius 3 is 2.19 bits per heavy atom. The maximum Gasteiger partial charge on any atom is 0.411 e. The molecule has 0 bridgehead atoms. The zero-order valence-electron chi connectivity index (χ0n) is 12.1. The number of rotatable bonds is 4. The maximum absolute atomic E-state index is 12.0. The van der Waals surface area contributed by atoms with Gasteiger partial charge in [0.2, 0.25) is 5.91 Å². The quantitative estimate of drug-likeness (QED) is 0.794. The second-order valence-electron chi connectivity index (χ2n) is 5.49. The van der Waals surface area contributed by atoms with Gasteiger partial charge in [0.15, 0.2) is 0 Å². The fourth-order valence-electron chi connectivity index (χ4n) is 2.59. The van der Waals surface area contributed by atoms with E-state index in [-0.39, 0.29) is 11.4 Å². The standard InChI is InChI=1S/C15H21N3O3/c1-21-14(20)18-12-6-4-11(5-7-12)17-13(19)10-15(16)8-2-3-9-15/h4-7H,2-3,8-10,16H2,1H3,(H,17,19)(H,18,20). The van der Waals surface area contributed by atoms with Gasteiger partial charge in [-0.25, -0.2) is 4.79 Å². The average molecular weight is 291 g/mol. The minimum atomic E-state index is -0.530. The summed E-state index contributed by atoms with van der Waals surface area (Å²) in [4.78, 5) is 23.1. The Balaban J connectivity index is 1.87. The lowest BCUT2D eigenvalue weighted by Gasteiger charge is -2.22. The van der Waals surface area contributed by atoms with Crippen molar-refractivity contribution in [2.75, 3.05) is 17.7 Å². The van der Waals surface area contributed by atoms with Crippen LogP contribution in [0.1, 0.15) is 32.1 Å². The number of amides is 2. The Morgan fingerprint density at radius 1 is 1.14 bits per heavy atom. The molecule has 0 atom stereocenters. The van der Waals surface area contributed by atoms with E-state index in [0.717, 1.165) is 25.7 Å². The third kappa shape index (κ3) is 4.46. The highest BCUT2D eigenvalue weighted by Crippen LogP contribution is 2.30. The Bertz CT molecular complexity index is 507. The van der Waals surface area contributed by atoms with Crippen LogP contribution < -0.4 is 16.4 Å². The number of nitrogens with one attached hydrogen (secondary N) is 2. The van der Waals surface area contributed by atoms with E-state index in [1.807, 2.05) is 0 Å². The zero-order valence-corrected chi connectivity index (χ0v) is 12.1. The first-order valence-electron chi connectivity index (χ1n) is 7.04. The molecule has 0 unspecified atom stereocenters. The third-order valence-electron chi connectivity index (χ3n) is 3.71. The van der Waals surface area contributed by atoms with Crippen molar-refractivity contribution in [3.63, 3.8) is 0 Å². The van der Waals surface area contributed by atoms with Gasteiger partial charge in [-0.1, -0.05) is 12.8 Å². The van der Waals surface area contributed by atoms with Gasteiger partial charge in [0, 0.05) is 23.3 Å². The van der Waals surface area contributed by atoms with Crippen molar-refractivity contribution in [3.8, 4) is 0 Å². The largest absolute Gasteiger partial charge is 0.453 e. The van der Waals surface area contributed by atoms with Gasteiger partial charge < -0.3 is 15.8 Å². The van der Waals surface area contributed by atoms with E-state index < -0.39 is 6.09 Å². The van der Waals surface area contributed by atoms with Gasteiger partial charge in [-0.15, -0.1) is 0 Å². The molecule has 2 amide bonds. The number of carbonyl (C=O) groups excluding carboxylic acids is 2. The zero-order chi connectivity index (χ0) is 15.3. The SMILES string of the molecule is COC(=O)Nc1ccc(NC(=O)CC2(N)CCCC2)cc1. The number of carbonyl (C=O) groups is 2. The molecule has 0 spiro atoms. The second-order valence-corrected chi connectivity index (χ2v) is 5.49. The molecule has 4 N–H and O–H groups in total. The van der Waals surface area contributed by atoms with Crippen molar-refractivity contribution in [2.45, 2.75) is 37.6 Å². The van der Waals surface area contributed by atoms with Crippen molar-refractivity contribution in [2.24, 2.45) is 5.73 Å². The van der Waals surface area contributed by atoms with E-state index in [1.165, 1.54) is 7.11 Å². The Labute approximate surface area is 124 Å². The highest BCUT2D eigenvalue weighted by Gasteiger charge is 2.31. The fraction of sp³-hybridized carbons (Fsp3) is 0.467. The summed E-state index contributed by atoms with van der Waals surface area (Å²) < 4.78 is 4.50. The molecule has 1 aliphatic rings. The van der Waals surface area contributed by atoms with E-state index in [9.17, 15) is 9.59 Å². The molecule has 21 heavy (non-hydrogen) atoms. The van der Waals surface area contributed by atoms with Gasteiger partial charge in [-0.05, 0) is 37.1 Å². The van der Waals surface area contributed by atoms with Crippen LogP contribution in [0.5, 0.6) is 0 Å². The van der Waals surface area contributed by atoms with Gasteiger partial charge in [0.05, 0.1) is 7.11 Å². The topological polar surface area (TPSA) is 93.5 Å². The Kier molecular flexibility index (Phi) is 4.80. The summed E-state index contributed by atoms with van der Waals surface area (Å²) >= 11 is 0. The molecule has 0 heterocycles. The van der Waals surface area contributed by atoms with Crippen molar-refractivity contribution in [1.82, 2.24) is 0 Å². The van der Waals surface area contributed by atoms with E-state index in [1.54, 1.807) is 24.3 Å². The smallest absolute Gasteiger partial charge is 0.411 e. The normalized spacial score (nSPS) is 16.3. The van der Waals surface area contributed by atoms with Gasteiger partial charge in [0.25, 0.3) is 0 Å². The second kappa shape index (κ2) is 6.58. The van der Waals surface area contributed by atoms with Gasteiger partial charge in [-0.2, -0.15) is 0 Å². The highest BCUT2D eigenvalue weighted by atomic mass is 16.5. The van der Waals surface area contributed by atoms with Gasteiger partial charge in [-0.3, -0.25) is 10.1 Å². The number of nitrogens with two attached hydrogens (primary N) is 1. The van der Waals surface area contributed by atoms with E-state index in [0.29, 0.717) is 17.8 Å². The average Bonchev–Trinajstić information content (AvgIpc) is 2.87. The monoisotopic (exact) mass is 291 g/mol. The molecule has 114 valence electrons. The van der Waals surface area contributed by atoms with Crippen LogP contribution >= 0.6 is 0 Å². The molecule has 0 radical (unpaired) electrons. The summed E-state index contributed by atoms with van der Waals surface area (Å²) in [6.07, 6.45) is 3.81. The van der Waals surface area contributed by atoms with Crippen LogP contribution in [0.15, 0.2) is 24.3 Å². The first-order valence-corrected chi connectivity index (χ1v) is 7.04. The fourth-order valence-corrected chi connectivity index (χ4v) is 2.59. The predicted molar refractivity (Wildman–Crippen MR) is 81.1 cm³/mol. The van der Waals surface area contributed by atoms with Crippen molar-refractivity contribution in [3.05, 3.63) is 24.3 Å². The predicted octanol–water partition coefficient (Wildman–Crippen LogP) is 2.47. The Hall–Kier alpha value is -2.08. The van der Waals surface area contributed by atoms with Crippen LogP contribution in [0.3, 0.4) is 0 Å². The molecular formula is C15H21N3O3. The van der Waals surface area contributed by atoms with Gasteiger partial charge in [0.1, 0.15) is 0 Å². The van der Waals surface area contributed by atoms with Crippen LogP contribution in [0.4, 0.5) is 16.2 Å². The first kappa shape index (κ1) is 15.3. The van der Waals surface area contributed by atoms with Crippen LogP contribution in [0.25, 0.3) is 0 Å². The van der Waals surface area contributed by atoms with E-state index in [4.69, 9.17) is 5.73 Å². The van der Waals surface area contributed by atoms with Crippen molar-refractivity contribution >= 4 is 23.4 Å². The number of hydrogen-bond acceptors (Lipinski definition) is 4. The molecule has 0 saturated heterocycles. The summed E-state index contributed by atoms with van der Waals surface area (Å²) in [5.74, 6) is -0.0759. The highest BCUT2D eigenvalue weighted by molar-refractivity contribution is 5.92. The molecule has 2 rings (SSSR count). The lowest BCUT2D eigenvalue weighted by molar-refractivity contribution is -0.117. The first-order chi connectivity index (χ1) is 10.0. The minimum Gasteiger partial charge on any atom is -0.453 e. The van der Waals surface area contributed by atoms with Crippen LogP contribution in [-0.2, 0) is 9.53 Å². The lowest BCUT2D eigenvalue weighted by atomic mass is 9.94. The number of anilines is 2. The molecule has 0 aliphatic heterocycles. The van der Waals surface area contributed by atoms with E-state index in [2.05, 4.69) is 15.4 Å². The maximum atomic E-state index is 12.0. The molecular weight excluding hydrogens is 270 g/mol. The molecule has 1 aliphatic carbocycles. The molecule has 6 heteroatoms. The lowest BCUT2D eigenvalue weighted by Crippen LogP contribution is -2.40. The summed E-state index contributed by atoms with van der Waals surface area (Å²) in [5, 5.41) is 5.37. The number of hydrogen-bond donors (Lipinski definition) is 3. The van der Waals surface area contributed by atoms with Crippen LogP contribution in [0, 0.1) is 0 Å². The molecule has 6 nitrogen and oxygen atoms in total. The number of ether oxygens (including phenoxy) is 1. The summed E-state index contributed by atoms with van der Waals surface area (Å²) in [6.45, 7) is 0. The van der Waals surface area contributed by atoms with Crippen LogP contribution in [0.2, 0.25) is 0 Å². The van der Waals surface area contributed by atoms with Crippen molar-refractivity contribution in [1.29, 1.82) is 0 Å². The molecule has 1 aromatic rings. The van der Waals surface area contributed by atoms with E-state index >= 15 is 0 Å². The summed E-state index contributed by atoms with van der Waals surface area (Å²) in [5.41, 5.74) is 7.12. The number of benzene rings is 1. The van der Waals surface area contributed by atoms with Crippen molar-refractivity contribution < 1.29 is 14.3 Å². The molecule has 1 aromatic carbocycles. The molecule has 0 aromatic heterocycles. The summed E-state index contributed by atoms with van der Waals surface area (Å²) in [7, 11) is 1.30. The molecule has 1 saturated carbocycles. The third-order valence-corrected chi connectivity index (χ3v) is 3.71. The molecule has 1 fully saturated rings.